The molecule has 6 heteroatoms. The van der Waals surface area contributed by atoms with Crippen LogP contribution in [0.4, 0.5) is 0 Å². The molecule has 27 heavy (non-hydrogen) atoms. The number of carbonyl (C=O) groups is 1. The molecule has 0 heterocycles. The lowest BCUT2D eigenvalue weighted by Crippen LogP contribution is -2.50. The van der Waals surface area contributed by atoms with Crippen molar-refractivity contribution in [3.05, 3.63) is 12.2 Å². The quantitative estimate of drug-likeness (QED) is 0.144. The number of rotatable bonds is 16. The Hall–Kier alpha value is -0.693. The minimum absolute atomic E-state index is 0.0936. The summed E-state index contributed by atoms with van der Waals surface area (Å²) in [7, 11) is -2.66. The lowest BCUT2D eigenvalue weighted by molar-refractivity contribution is -0.139. The van der Waals surface area contributed by atoms with Crippen molar-refractivity contribution in [2.45, 2.75) is 111 Å². The van der Waals surface area contributed by atoms with Crippen molar-refractivity contribution in [1.29, 1.82) is 0 Å². The fourth-order valence-corrected chi connectivity index (χ4v) is 6.13. The Morgan fingerprint density at radius 1 is 0.778 bits per heavy atom. The maximum Gasteiger partial charge on any atom is 0.501 e. The van der Waals surface area contributed by atoms with E-state index in [1.165, 1.54) is 0 Å². The van der Waals surface area contributed by atoms with Crippen molar-refractivity contribution in [1.82, 2.24) is 0 Å². The summed E-state index contributed by atoms with van der Waals surface area (Å²) in [4.78, 5) is 11.3. The Kier molecular flexibility index (Phi) is 14.0. The van der Waals surface area contributed by atoms with Crippen molar-refractivity contribution in [2.75, 3.05) is 6.61 Å². The van der Waals surface area contributed by atoms with E-state index < -0.39 is 8.80 Å². The Labute approximate surface area is 168 Å². The third-order valence-corrected chi connectivity index (χ3v) is 7.16. The predicted octanol–water partition coefficient (Wildman–Crippen LogP) is 5.66. The molecule has 0 atom stereocenters. The van der Waals surface area contributed by atoms with Gasteiger partial charge in [0.25, 0.3) is 0 Å². The van der Waals surface area contributed by atoms with Crippen LogP contribution in [0.25, 0.3) is 0 Å². The number of hydrogen-bond acceptors (Lipinski definition) is 5. The largest absolute Gasteiger partial charge is 0.501 e. The zero-order valence-corrected chi connectivity index (χ0v) is 19.6. The highest BCUT2D eigenvalue weighted by molar-refractivity contribution is 6.60. The first-order valence-corrected chi connectivity index (χ1v) is 12.4. The second-order valence-corrected chi connectivity index (χ2v) is 10.5. The summed E-state index contributed by atoms with van der Waals surface area (Å²) < 4.78 is 23.7. The van der Waals surface area contributed by atoms with Crippen LogP contribution >= 0.6 is 0 Å². The molecule has 0 aromatic heterocycles. The van der Waals surface area contributed by atoms with Gasteiger partial charge in [0.2, 0.25) is 0 Å². The van der Waals surface area contributed by atoms with Gasteiger partial charge in [-0.3, -0.25) is 0 Å². The number of unbranched alkanes of at least 4 members (excludes halogenated alkanes) is 5. The average molecular weight is 403 g/mol. The normalized spacial score (nSPS) is 12.2. The Balaban J connectivity index is 4.17. The van der Waals surface area contributed by atoms with Gasteiger partial charge >= 0.3 is 14.8 Å². The van der Waals surface area contributed by atoms with Crippen molar-refractivity contribution in [2.24, 2.45) is 0 Å². The van der Waals surface area contributed by atoms with Gasteiger partial charge in [0, 0.05) is 29.9 Å². The summed E-state index contributed by atoms with van der Waals surface area (Å²) in [5, 5.41) is 0. The molecule has 0 aliphatic heterocycles. The molecule has 0 N–H and O–H groups in total. The van der Waals surface area contributed by atoms with Gasteiger partial charge in [-0.25, -0.2) is 4.79 Å². The zero-order valence-electron chi connectivity index (χ0n) is 18.6. The summed E-state index contributed by atoms with van der Waals surface area (Å²) in [5.74, 6) is -0.295. The molecule has 0 aromatic carbocycles. The third kappa shape index (κ3) is 14.0. The summed E-state index contributed by atoms with van der Waals surface area (Å²) in [6.07, 6.45) is 6.72. The van der Waals surface area contributed by atoms with Gasteiger partial charge in [-0.1, -0.05) is 32.3 Å². The number of hydrogen-bond donors (Lipinski definition) is 0. The molecule has 0 radical (unpaired) electrons. The molecule has 0 bridgehead atoms. The smallest absolute Gasteiger partial charge is 0.462 e. The molecule has 0 unspecified atom stereocenters. The molecule has 0 aliphatic carbocycles. The predicted molar refractivity (Wildman–Crippen MR) is 113 cm³/mol. The number of ether oxygens (including phenoxy) is 1. The van der Waals surface area contributed by atoms with Crippen LogP contribution in [0, 0.1) is 0 Å². The molecule has 0 saturated carbocycles. The molecule has 0 fully saturated rings. The Morgan fingerprint density at radius 2 is 1.19 bits per heavy atom. The van der Waals surface area contributed by atoms with Gasteiger partial charge in [-0.05, 0) is 61.3 Å². The van der Waals surface area contributed by atoms with Crippen molar-refractivity contribution < 1.29 is 22.8 Å². The van der Waals surface area contributed by atoms with Gasteiger partial charge in [0.1, 0.15) is 0 Å². The highest BCUT2D eigenvalue weighted by atomic mass is 28.4. The van der Waals surface area contributed by atoms with Crippen LogP contribution in [-0.2, 0) is 22.8 Å². The minimum Gasteiger partial charge on any atom is -0.462 e. The molecule has 0 aromatic rings. The maximum atomic E-state index is 11.3. The highest BCUT2D eigenvalue weighted by Gasteiger charge is 2.43. The number of esters is 1. The second kappa shape index (κ2) is 14.3. The van der Waals surface area contributed by atoms with Crippen molar-refractivity contribution >= 4 is 14.8 Å². The van der Waals surface area contributed by atoms with E-state index >= 15 is 0 Å². The highest BCUT2D eigenvalue weighted by Crippen LogP contribution is 2.25. The molecule has 0 saturated heterocycles. The SMILES string of the molecule is C=C(C)C(=O)OCCCCCCCC[Si](OC(C)C)(OC(C)C)OC(C)C. The third-order valence-electron chi connectivity index (χ3n) is 3.70. The summed E-state index contributed by atoms with van der Waals surface area (Å²) in [6.45, 7) is 17.9. The molecule has 0 amide bonds. The van der Waals surface area contributed by atoms with Crippen LogP contribution in [0.2, 0.25) is 6.04 Å². The lowest BCUT2D eigenvalue weighted by atomic mass is 10.1. The molecule has 160 valence electrons. The van der Waals surface area contributed by atoms with E-state index in [1.54, 1.807) is 6.92 Å². The van der Waals surface area contributed by atoms with E-state index in [4.69, 9.17) is 18.0 Å². The monoisotopic (exact) mass is 402 g/mol. The minimum atomic E-state index is -2.66. The van der Waals surface area contributed by atoms with Crippen LogP contribution in [0.15, 0.2) is 12.2 Å². The first-order chi connectivity index (χ1) is 12.6. The van der Waals surface area contributed by atoms with Gasteiger partial charge in [-0.15, -0.1) is 0 Å². The van der Waals surface area contributed by atoms with Crippen LogP contribution in [0.3, 0.4) is 0 Å². The molecule has 0 spiro atoms. The van der Waals surface area contributed by atoms with Gasteiger partial charge < -0.3 is 18.0 Å². The van der Waals surface area contributed by atoms with Crippen LogP contribution < -0.4 is 0 Å². The topological polar surface area (TPSA) is 54.0 Å². The van der Waals surface area contributed by atoms with E-state index in [0.29, 0.717) is 12.2 Å². The Morgan fingerprint density at radius 3 is 1.59 bits per heavy atom. The maximum absolute atomic E-state index is 11.3. The molecule has 5 nitrogen and oxygen atoms in total. The summed E-state index contributed by atoms with van der Waals surface area (Å²) >= 11 is 0. The van der Waals surface area contributed by atoms with E-state index in [1.807, 2.05) is 41.5 Å². The summed E-state index contributed by atoms with van der Waals surface area (Å²) in [6, 6.07) is 0.859. The van der Waals surface area contributed by atoms with Gasteiger partial charge in [0.15, 0.2) is 0 Å². The van der Waals surface area contributed by atoms with E-state index in [2.05, 4.69) is 6.58 Å². The average Bonchev–Trinajstić information content (AvgIpc) is 2.50. The second-order valence-electron chi connectivity index (χ2n) is 7.97. The molecule has 0 rings (SSSR count). The van der Waals surface area contributed by atoms with Crippen molar-refractivity contribution in [3.63, 3.8) is 0 Å². The zero-order chi connectivity index (χ0) is 20.9. The van der Waals surface area contributed by atoms with Gasteiger partial charge in [-0.2, -0.15) is 0 Å². The molecular formula is C21H42O5Si. The Bertz CT molecular complexity index is 394. The van der Waals surface area contributed by atoms with E-state index in [-0.39, 0.29) is 24.3 Å². The van der Waals surface area contributed by atoms with E-state index in [0.717, 1.165) is 44.6 Å². The first kappa shape index (κ1) is 26.3. The molecular weight excluding hydrogens is 360 g/mol. The van der Waals surface area contributed by atoms with Crippen LogP contribution in [0.1, 0.15) is 87.0 Å². The van der Waals surface area contributed by atoms with Crippen LogP contribution in [0.5, 0.6) is 0 Å². The van der Waals surface area contributed by atoms with Crippen molar-refractivity contribution in [3.8, 4) is 0 Å². The molecule has 0 aliphatic rings. The van der Waals surface area contributed by atoms with E-state index in [9.17, 15) is 4.79 Å². The fraction of sp³-hybridized carbons (Fsp3) is 0.857. The van der Waals surface area contributed by atoms with Gasteiger partial charge in [0.05, 0.1) is 6.61 Å². The van der Waals surface area contributed by atoms with Crippen LogP contribution in [-0.4, -0.2) is 39.7 Å². The fourth-order valence-electron chi connectivity index (χ4n) is 2.78. The number of carbonyl (C=O) groups excluding carboxylic acids is 1. The standard InChI is InChI=1S/C21H42O5Si/c1-17(2)21(22)23-15-13-11-9-10-12-14-16-27(24-18(3)4,25-19(5)6)26-20(7)8/h18-20H,1,9-16H2,2-8H3. The first-order valence-electron chi connectivity index (χ1n) is 10.4. The lowest BCUT2D eigenvalue weighted by Gasteiger charge is -2.34. The summed E-state index contributed by atoms with van der Waals surface area (Å²) in [5.41, 5.74) is 0.457.